The summed E-state index contributed by atoms with van der Waals surface area (Å²) in [4.78, 5) is 14.7. The lowest BCUT2D eigenvalue weighted by molar-refractivity contribution is -0.109. The maximum Gasteiger partial charge on any atom is 0.186 e. The van der Waals surface area contributed by atoms with Crippen LogP contribution in [-0.4, -0.2) is 15.9 Å². The molecule has 80 valence electrons. The highest BCUT2D eigenvalue weighted by molar-refractivity contribution is 8.13. The standard InChI is InChI=1S/C10H11ClN2OS/c1-7(14)15-4-2-3-10-9(12)5-8(11)6-13-10/h2-3,5-6H,4,12H2,1H3. The van der Waals surface area contributed by atoms with Gasteiger partial charge in [-0.1, -0.05) is 29.4 Å². The Kier molecular flexibility index (Phi) is 4.65. The van der Waals surface area contributed by atoms with Crippen LogP contribution in [0.2, 0.25) is 5.02 Å². The van der Waals surface area contributed by atoms with Crippen LogP contribution in [0.4, 0.5) is 5.69 Å². The van der Waals surface area contributed by atoms with E-state index in [2.05, 4.69) is 4.98 Å². The van der Waals surface area contributed by atoms with Gasteiger partial charge in [-0.3, -0.25) is 9.78 Å². The molecule has 1 aromatic heterocycles. The monoisotopic (exact) mass is 242 g/mol. The Labute approximate surface area is 97.7 Å². The number of nitrogen functional groups attached to an aromatic ring is 1. The van der Waals surface area contributed by atoms with Crippen molar-refractivity contribution in [2.75, 3.05) is 11.5 Å². The maximum atomic E-state index is 10.6. The molecule has 0 bridgehead atoms. The molecule has 0 aliphatic rings. The molecule has 1 aromatic rings. The van der Waals surface area contributed by atoms with Crippen LogP contribution in [-0.2, 0) is 4.79 Å². The van der Waals surface area contributed by atoms with Crippen LogP contribution in [0.25, 0.3) is 6.08 Å². The summed E-state index contributed by atoms with van der Waals surface area (Å²) in [5, 5.41) is 0.611. The van der Waals surface area contributed by atoms with E-state index in [4.69, 9.17) is 17.3 Å². The summed E-state index contributed by atoms with van der Waals surface area (Å²) in [7, 11) is 0. The van der Waals surface area contributed by atoms with E-state index >= 15 is 0 Å². The molecule has 0 spiro atoms. The van der Waals surface area contributed by atoms with Gasteiger partial charge in [-0.15, -0.1) is 0 Å². The lowest BCUT2D eigenvalue weighted by Crippen LogP contribution is -1.92. The molecule has 0 atom stereocenters. The number of nitrogens with zero attached hydrogens (tertiary/aromatic N) is 1. The number of rotatable bonds is 3. The summed E-state index contributed by atoms with van der Waals surface area (Å²) in [5.41, 5.74) is 6.90. The van der Waals surface area contributed by atoms with Crippen molar-refractivity contribution in [3.63, 3.8) is 0 Å². The molecule has 2 N–H and O–H groups in total. The van der Waals surface area contributed by atoms with Gasteiger partial charge in [0.25, 0.3) is 0 Å². The predicted molar refractivity (Wildman–Crippen MR) is 65.8 cm³/mol. The van der Waals surface area contributed by atoms with Gasteiger partial charge in [-0.05, 0) is 12.1 Å². The van der Waals surface area contributed by atoms with Crippen molar-refractivity contribution in [3.05, 3.63) is 29.1 Å². The number of aromatic nitrogens is 1. The van der Waals surface area contributed by atoms with Crippen LogP contribution in [0.15, 0.2) is 18.3 Å². The van der Waals surface area contributed by atoms with E-state index in [0.717, 1.165) is 0 Å². The second-order valence-electron chi connectivity index (χ2n) is 2.83. The summed E-state index contributed by atoms with van der Waals surface area (Å²) in [6.45, 7) is 1.54. The summed E-state index contributed by atoms with van der Waals surface area (Å²) >= 11 is 6.94. The first-order valence-corrected chi connectivity index (χ1v) is 5.67. The molecule has 3 nitrogen and oxygen atoms in total. The highest BCUT2D eigenvalue weighted by Crippen LogP contribution is 2.16. The van der Waals surface area contributed by atoms with Crippen molar-refractivity contribution in [3.8, 4) is 0 Å². The molecule has 0 saturated heterocycles. The molecular weight excluding hydrogens is 232 g/mol. The number of nitrogens with two attached hydrogens (primary N) is 1. The lowest BCUT2D eigenvalue weighted by Gasteiger charge is -1.98. The smallest absolute Gasteiger partial charge is 0.186 e. The van der Waals surface area contributed by atoms with Crippen LogP contribution in [0.5, 0.6) is 0 Å². The normalized spacial score (nSPS) is 10.8. The molecule has 1 heterocycles. The van der Waals surface area contributed by atoms with E-state index in [0.29, 0.717) is 22.2 Å². The van der Waals surface area contributed by atoms with Crippen molar-refractivity contribution in [2.45, 2.75) is 6.92 Å². The third-order valence-corrected chi connectivity index (χ3v) is 2.55. The van der Waals surface area contributed by atoms with E-state index in [1.165, 1.54) is 24.9 Å². The third-order valence-electron chi connectivity index (χ3n) is 1.57. The highest BCUT2D eigenvalue weighted by atomic mass is 35.5. The van der Waals surface area contributed by atoms with Crippen molar-refractivity contribution < 1.29 is 4.79 Å². The average molecular weight is 243 g/mol. The van der Waals surface area contributed by atoms with Crippen LogP contribution < -0.4 is 5.73 Å². The van der Waals surface area contributed by atoms with Crippen LogP contribution >= 0.6 is 23.4 Å². The fourth-order valence-electron chi connectivity index (χ4n) is 0.930. The summed E-state index contributed by atoms with van der Waals surface area (Å²) in [6, 6.07) is 1.65. The van der Waals surface area contributed by atoms with Gasteiger partial charge < -0.3 is 5.73 Å². The Bertz CT molecular complexity index is 393. The number of carbonyl (C=O) groups excluding carboxylic acids is 1. The minimum atomic E-state index is 0.0942. The topological polar surface area (TPSA) is 56.0 Å². The third kappa shape index (κ3) is 4.36. The van der Waals surface area contributed by atoms with Gasteiger partial charge in [0, 0.05) is 18.9 Å². The lowest BCUT2D eigenvalue weighted by atomic mass is 10.3. The minimum absolute atomic E-state index is 0.0942. The van der Waals surface area contributed by atoms with Gasteiger partial charge in [0.2, 0.25) is 0 Å². The van der Waals surface area contributed by atoms with Crippen LogP contribution in [0.3, 0.4) is 0 Å². The Hall–Kier alpha value is -1.00. The number of hydrogen-bond donors (Lipinski definition) is 1. The summed E-state index contributed by atoms with van der Waals surface area (Å²) < 4.78 is 0. The zero-order valence-electron chi connectivity index (χ0n) is 8.24. The molecule has 0 aliphatic heterocycles. The molecule has 0 aromatic carbocycles. The average Bonchev–Trinajstić information content (AvgIpc) is 2.14. The first-order valence-electron chi connectivity index (χ1n) is 4.30. The van der Waals surface area contributed by atoms with Gasteiger partial charge in [0.1, 0.15) is 0 Å². The van der Waals surface area contributed by atoms with E-state index in [1.54, 1.807) is 12.1 Å². The van der Waals surface area contributed by atoms with E-state index in [9.17, 15) is 4.79 Å². The SMILES string of the molecule is CC(=O)SCC=Cc1ncc(Cl)cc1N. The van der Waals surface area contributed by atoms with E-state index in [-0.39, 0.29) is 5.12 Å². The minimum Gasteiger partial charge on any atom is -0.397 e. The first kappa shape index (κ1) is 12.1. The van der Waals surface area contributed by atoms with Gasteiger partial charge in [-0.25, -0.2) is 0 Å². The fraction of sp³-hybridized carbons (Fsp3) is 0.200. The largest absolute Gasteiger partial charge is 0.397 e. The van der Waals surface area contributed by atoms with Crippen LogP contribution in [0.1, 0.15) is 12.6 Å². The summed E-state index contributed by atoms with van der Waals surface area (Å²) in [5.74, 6) is 0.624. The van der Waals surface area contributed by atoms with Crippen LogP contribution in [0, 0.1) is 0 Å². The molecule has 0 unspecified atom stereocenters. The Morgan fingerprint density at radius 1 is 1.73 bits per heavy atom. The quantitative estimate of drug-likeness (QED) is 0.885. The zero-order chi connectivity index (χ0) is 11.3. The number of hydrogen-bond acceptors (Lipinski definition) is 4. The fourth-order valence-corrected chi connectivity index (χ4v) is 1.52. The molecule has 0 amide bonds. The van der Waals surface area contributed by atoms with Crippen molar-refractivity contribution in [1.29, 1.82) is 0 Å². The Morgan fingerprint density at radius 3 is 3.07 bits per heavy atom. The second kappa shape index (κ2) is 5.78. The van der Waals surface area contributed by atoms with Gasteiger partial charge in [0.15, 0.2) is 5.12 Å². The molecule has 0 fully saturated rings. The summed E-state index contributed by atoms with van der Waals surface area (Å²) in [6.07, 6.45) is 5.16. The molecule has 0 aliphatic carbocycles. The van der Waals surface area contributed by atoms with Gasteiger partial charge in [0.05, 0.1) is 16.4 Å². The number of pyridine rings is 1. The van der Waals surface area contributed by atoms with Crippen molar-refractivity contribution in [1.82, 2.24) is 4.98 Å². The van der Waals surface area contributed by atoms with Crippen molar-refractivity contribution in [2.24, 2.45) is 0 Å². The first-order chi connectivity index (χ1) is 7.09. The number of carbonyl (C=O) groups is 1. The number of halogens is 1. The molecule has 0 saturated carbocycles. The second-order valence-corrected chi connectivity index (χ2v) is 4.47. The predicted octanol–water partition coefficient (Wildman–Crippen LogP) is 2.61. The Morgan fingerprint density at radius 2 is 2.47 bits per heavy atom. The highest BCUT2D eigenvalue weighted by Gasteiger charge is 1.97. The molecule has 15 heavy (non-hydrogen) atoms. The maximum absolute atomic E-state index is 10.6. The number of thioether (sulfide) groups is 1. The van der Waals surface area contributed by atoms with E-state index in [1.807, 2.05) is 6.08 Å². The van der Waals surface area contributed by atoms with Gasteiger partial charge >= 0.3 is 0 Å². The van der Waals surface area contributed by atoms with Gasteiger partial charge in [-0.2, -0.15) is 0 Å². The molecule has 1 rings (SSSR count). The Balaban J connectivity index is 2.60. The number of anilines is 1. The van der Waals surface area contributed by atoms with E-state index < -0.39 is 0 Å². The molecule has 0 radical (unpaired) electrons. The van der Waals surface area contributed by atoms with Crippen molar-refractivity contribution >= 4 is 40.2 Å². The molecule has 5 heteroatoms. The molecular formula is C10H11ClN2OS. The zero-order valence-corrected chi connectivity index (χ0v) is 9.81.